The number of aromatic nitrogens is 1. The Balaban J connectivity index is 2.44. The van der Waals surface area contributed by atoms with Gasteiger partial charge in [0.2, 0.25) is 5.95 Å². The van der Waals surface area contributed by atoms with Crippen LogP contribution in [0.3, 0.4) is 0 Å². The third kappa shape index (κ3) is 3.18. The minimum Gasteiger partial charge on any atom is -0.465 e. The topological polar surface area (TPSA) is 39.2 Å². The molecule has 0 radical (unpaired) electrons. The van der Waals surface area contributed by atoms with Crippen molar-refractivity contribution in [2.24, 2.45) is 0 Å². The molecule has 0 atom stereocenters. The summed E-state index contributed by atoms with van der Waals surface area (Å²) >= 11 is 0. The second-order valence-electron chi connectivity index (χ2n) is 4.13. The Morgan fingerprint density at radius 2 is 1.81 bits per heavy atom. The highest BCUT2D eigenvalue weighted by Gasteiger charge is 2.30. The SMILES string of the molecule is COC(=O)c1cnc(F)c(-c2ccc(C(F)(F)F)cc2)c1. The molecule has 1 heterocycles. The molecule has 0 aliphatic carbocycles. The summed E-state index contributed by atoms with van der Waals surface area (Å²) < 4.78 is 55.6. The Kier molecular flexibility index (Phi) is 3.93. The molecule has 0 saturated heterocycles. The lowest BCUT2D eigenvalue weighted by Gasteiger charge is -2.09. The number of carbonyl (C=O) groups is 1. The summed E-state index contributed by atoms with van der Waals surface area (Å²) in [6, 6.07) is 5.07. The average Bonchev–Trinajstić information content (AvgIpc) is 2.46. The van der Waals surface area contributed by atoms with Crippen LogP contribution in [-0.2, 0) is 10.9 Å². The van der Waals surface area contributed by atoms with Gasteiger partial charge in [-0.1, -0.05) is 12.1 Å². The summed E-state index contributed by atoms with van der Waals surface area (Å²) in [6.45, 7) is 0. The van der Waals surface area contributed by atoms with Crippen molar-refractivity contribution in [1.29, 1.82) is 0 Å². The maximum atomic E-state index is 13.7. The zero-order chi connectivity index (χ0) is 15.6. The number of rotatable bonds is 2. The monoisotopic (exact) mass is 299 g/mol. The summed E-state index contributed by atoms with van der Waals surface area (Å²) in [4.78, 5) is 14.8. The lowest BCUT2D eigenvalue weighted by Crippen LogP contribution is -2.05. The number of methoxy groups -OCH3 is 1. The van der Waals surface area contributed by atoms with Crippen LogP contribution in [0, 0.1) is 5.95 Å². The predicted octanol–water partition coefficient (Wildman–Crippen LogP) is 3.69. The van der Waals surface area contributed by atoms with E-state index in [0.717, 1.165) is 37.6 Å². The van der Waals surface area contributed by atoms with Crippen LogP contribution in [0.15, 0.2) is 36.5 Å². The second kappa shape index (κ2) is 5.51. The Labute approximate surface area is 117 Å². The molecule has 3 nitrogen and oxygen atoms in total. The van der Waals surface area contributed by atoms with E-state index >= 15 is 0 Å². The third-order valence-corrected chi connectivity index (χ3v) is 2.78. The number of halogens is 4. The Morgan fingerprint density at radius 1 is 1.19 bits per heavy atom. The van der Waals surface area contributed by atoms with Gasteiger partial charge in [-0.3, -0.25) is 0 Å². The van der Waals surface area contributed by atoms with Gasteiger partial charge in [0, 0.05) is 11.8 Å². The van der Waals surface area contributed by atoms with E-state index in [1.165, 1.54) is 6.07 Å². The van der Waals surface area contributed by atoms with Gasteiger partial charge in [-0.2, -0.15) is 17.6 Å². The molecule has 0 unspecified atom stereocenters. The molecular weight excluding hydrogens is 290 g/mol. The maximum Gasteiger partial charge on any atom is 0.416 e. The van der Waals surface area contributed by atoms with E-state index in [-0.39, 0.29) is 16.7 Å². The third-order valence-electron chi connectivity index (χ3n) is 2.78. The Hall–Kier alpha value is -2.44. The molecule has 0 saturated carbocycles. The van der Waals surface area contributed by atoms with Crippen molar-refractivity contribution >= 4 is 5.97 Å². The van der Waals surface area contributed by atoms with E-state index in [0.29, 0.717) is 0 Å². The Bertz CT molecular complexity index is 666. The molecule has 0 N–H and O–H groups in total. The Morgan fingerprint density at radius 3 is 2.33 bits per heavy atom. The number of alkyl halides is 3. The molecular formula is C14H9F4NO2. The van der Waals surface area contributed by atoms with Gasteiger partial charge in [-0.05, 0) is 23.8 Å². The molecule has 2 aromatic rings. The molecule has 0 aliphatic heterocycles. The quantitative estimate of drug-likeness (QED) is 0.482. The van der Waals surface area contributed by atoms with Gasteiger partial charge in [0.05, 0.1) is 18.2 Å². The number of carbonyl (C=O) groups excluding carboxylic acids is 1. The van der Waals surface area contributed by atoms with E-state index in [1.807, 2.05) is 0 Å². The van der Waals surface area contributed by atoms with Crippen LogP contribution in [0.1, 0.15) is 15.9 Å². The summed E-state index contributed by atoms with van der Waals surface area (Å²) in [5.41, 5.74) is -0.733. The molecule has 0 fully saturated rings. The van der Waals surface area contributed by atoms with Crippen LogP contribution in [0.4, 0.5) is 17.6 Å². The zero-order valence-corrected chi connectivity index (χ0v) is 10.7. The van der Waals surface area contributed by atoms with Crippen LogP contribution in [0.25, 0.3) is 11.1 Å². The first-order valence-electron chi connectivity index (χ1n) is 5.74. The number of nitrogens with zero attached hydrogens (tertiary/aromatic N) is 1. The summed E-state index contributed by atoms with van der Waals surface area (Å²) in [5, 5.41) is 0. The molecule has 0 aliphatic rings. The summed E-state index contributed by atoms with van der Waals surface area (Å²) in [6.07, 6.45) is -3.47. The molecule has 110 valence electrons. The van der Waals surface area contributed by atoms with Crippen molar-refractivity contribution < 1.29 is 27.1 Å². The number of hydrogen-bond donors (Lipinski definition) is 0. The minimum absolute atomic E-state index is 0.00815. The number of hydrogen-bond acceptors (Lipinski definition) is 3. The highest BCUT2D eigenvalue weighted by atomic mass is 19.4. The van der Waals surface area contributed by atoms with Crippen LogP contribution in [0.5, 0.6) is 0 Å². The van der Waals surface area contributed by atoms with E-state index in [9.17, 15) is 22.4 Å². The van der Waals surface area contributed by atoms with E-state index < -0.39 is 23.7 Å². The number of ether oxygens (including phenoxy) is 1. The largest absolute Gasteiger partial charge is 0.465 e. The lowest BCUT2D eigenvalue weighted by atomic mass is 10.0. The summed E-state index contributed by atoms with van der Waals surface area (Å²) in [7, 11) is 1.16. The molecule has 0 bridgehead atoms. The van der Waals surface area contributed by atoms with Crippen LogP contribution in [0.2, 0.25) is 0 Å². The van der Waals surface area contributed by atoms with Crippen LogP contribution >= 0.6 is 0 Å². The fraction of sp³-hybridized carbons (Fsp3) is 0.143. The zero-order valence-electron chi connectivity index (χ0n) is 10.7. The molecule has 21 heavy (non-hydrogen) atoms. The number of pyridine rings is 1. The maximum absolute atomic E-state index is 13.7. The highest BCUT2D eigenvalue weighted by molar-refractivity contribution is 5.90. The normalized spacial score (nSPS) is 11.3. The highest BCUT2D eigenvalue weighted by Crippen LogP contribution is 2.31. The van der Waals surface area contributed by atoms with Crippen molar-refractivity contribution in [2.75, 3.05) is 7.11 Å². The fourth-order valence-electron chi connectivity index (χ4n) is 1.72. The molecule has 1 aromatic carbocycles. The van der Waals surface area contributed by atoms with Crippen LogP contribution in [-0.4, -0.2) is 18.1 Å². The van der Waals surface area contributed by atoms with Crippen molar-refractivity contribution in [3.63, 3.8) is 0 Å². The van der Waals surface area contributed by atoms with Gasteiger partial charge in [-0.15, -0.1) is 0 Å². The van der Waals surface area contributed by atoms with Crippen molar-refractivity contribution in [2.45, 2.75) is 6.18 Å². The standard InChI is InChI=1S/C14H9F4NO2/c1-21-13(20)9-6-11(12(15)19-7-9)8-2-4-10(5-3-8)14(16,17)18/h2-7H,1H3. The van der Waals surface area contributed by atoms with E-state index in [1.54, 1.807) is 0 Å². The number of esters is 1. The van der Waals surface area contributed by atoms with Gasteiger partial charge >= 0.3 is 12.1 Å². The molecule has 0 amide bonds. The first-order chi connectivity index (χ1) is 9.82. The van der Waals surface area contributed by atoms with Crippen LogP contribution < -0.4 is 0 Å². The van der Waals surface area contributed by atoms with Gasteiger partial charge in [-0.25, -0.2) is 9.78 Å². The van der Waals surface area contributed by atoms with Gasteiger partial charge in [0.15, 0.2) is 0 Å². The number of benzene rings is 1. The van der Waals surface area contributed by atoms with E-state index in [2.05, 4.69) is 9.72 Å². The molecule has 0 spiro atoms. The fourth-order valence-corrected chi connectivity index (χ4v) is 1.72. The molecule has 7 heteroatoms. The average molecular weight is 299 g/mol. The van der Waals surface area contributed by atoms with Crippen molar-refractivity contribution in [3.8, 4) is 11.1 Å². The molecule has 2 rings (SSSR count). The second-order valence-corrected chi connectivity index (χ2v) is 4.13. The van der Waals surface area contributed by atoms with Crippen molar-refractivity contribution in [3.05, 3.63) is 53.6 Å². The molecule has 1 aromatic heterocycles. The predicted molar refractivity (Wildman–Crippen MR) is 66.0 cm³/mol. The summed E-state index contributed by atoms with van der Waals surface area (Å²) in [5.74, 6) is -1.60. The smallest absolute Gasteiger partial charge is 0.416 e. The van der Waals surface area contributed by atoms with Gasteiger partial charge in [0.25, 0.3) is 0 Å². The first kappa shape index (κ1) is 15.0. The van der Waals surface area contributed by atoms with Gasteiger partial charge < -0.3 is 4.74 Å². The minimum atomic E-state index is -4.47. The van der Waals surface area contributed by atoms with E-state index in [4.69, 9.17) is 0 Å². The van der Waals surface area contributed by atoms with Crippen molar-refractivity contribution in [1.82, 2.24) is 4.98 Å². The lowest BCUT2D eigenvalue weighted by molar-refractivity contribution is -0.137. The first-order valence-corrected chi connectivity index (χ1v) is 5.74. The van der Waals surface area contributed by atoms with Gasteiger partial charge in [0.1, 0.15) is 0 Å².